The minimum atomic E-state index is -0.363. The molecule has 1 heterocycles. The van der Waals surface area contributed by atoms with Crippen molar-refractivity contribution in [2.24, 2.45) is 0 Å². The molecule has 0 saturated carbocycles. The van der Waals surface area contributed by atoms with Gasteiger partial charge in [0.25, 0.3) is 0 Å². The van der Waals surface area contributed by atoms with Gasteiger partial charge in [-0.25, -0.2) is 0 Å². The van der Waals surface area contributed by atoms with Gasteiger partial charge in [-0.3, -0.25) is 9.59 Å². The number of Topliss-reactive ketones (excluding diaryl/α,β-unsaturated/α-hetero) is 1. The van der Waals surface area contributed by atoms with E-state index >= 15 is 0 Å². The number of carbonyl (C=O) groups excluding carboxylic acids is 2. The number of ketones is 1. The molecule has 0 unspecified atom stereocenters. The standard InChI is InChI=1S/C15H16O4/c1-2-18-15(17)9-14-12(13(16)10-19-14)8-11-6-4-3-5-7-11/h3-7H,2,8-10H2,1H3. The van der Waals surface area contributed by atoms with E-state index in [0.29, 0.717) is 24.4 Å². The van der Waals surface area contributed by atoms with E-state index in [1.54, 1.807) is 6.92 Å². The predicted octanol–water partition coefficient (Wildman–Crippen LogP) is 2.04. The second kappa shape index (κ2) is 6.18. The number of benzene rings is 1. The van der Waals surface area contributed by atoms with Crippen LogP contribution in [0.2, 0.25) is 0 Å². The van der Waals surface area contributed by atoms with Gasteiger partial charge < -0.3 is 9.47 Å². The third-order valence-corrected chi connectivity index (χ3v) is 2.88. The van der Waals surface area contributed by atoms with Gasteiger partial charge in [0, 0.05) is 12.0 Å². The van der Waals surface area contributed by atoms with Crippen LogP contribution in [0.1, 0.15) is 18.9 Å². The Hall–Kier alpha value is -2.10. The van der Waals surface area contributed by atoms with Gasteiger partial charge in [-0.05, 0) is 12.5 Å². The van der Waals surface area contributed by atoms with Crippen molar-refractivity contribution in [3.63, 3.8) is 0 Å². The second-order valence-corrected chi connectivity index (χ2v) is 4.26. The molecule has 0 amide bonds. The molecular formula is C15H16O4. The minimum Gasteiger partial charge on any atom is -0.489 e. The van der Waals surface area contributed by atoms with E-state index in [1.165, 1.54) is 0 Å². The predicted molar refractivity (Wildman–Crippen MR) is 69.4 cm³/mol. The lowest BCUT2D eigenvalue weighted by molar-refractivity contribution is -0.143. The first kappa shape index (κ1) is 13.3. The fraction of sp³-hybridized carbons (Fsp3) is 0.333. The molecule has 100 valence electrons. The van der Waals surface area contributed by atoms with Crippen molar-refractivity contribution in [2.75, 3.05) is 13.2 Å². The third-order valence-electron chi connectivity index (χ3n) is 2.88. The topological polar surface area (TPSA) is 52.6 Å². The maximum atomic E-state index is 11.8. The Morgan fingerprint density at radius 2 is 2.05 bits per heavy atom. The Morgan fingerprint density at radius 1 is 1.32 bits per heavy atom. The Labute approximate surface area is 112 Å². The number of hydrogen-bond donors (Lipinski definition) is 0. The molecule has 0 saturated heterocycles. The summed E-state index contributed by atoms with van der Waals surface area (Å²) in [5, 5.41) is 0. The van der Waals surface area contributed by atoms with E-state index in [-0.39, 0.29) is 24.8 Å². The summed E-state index contributed by atoms with van der Waals surface area (Å²) in [7, 11) is 0. The molecule has 0 aromatic heterocycles. The summed E-state index contributed by atoms with van der Waals surface area (Å²) in [4.78, 5) is 23.2. The van der Waals surface area contributed by atoms with Gasteiger partial charge in [0.1, 0.15) is 12.2 Å². The van der Waals surface area contributed by atoms with Gasteiger partial charge in [-0.1, -0.05) is 30.3 Å². The van der Waals surface area contributed by atoms with Crippen molar-refractivity contribution in [1.29, 1.82) is 0 Å². The normalized spacial score (nSPS) is 14.5. The van der Waals surface area contributed by atoms with E-state index < -0.39 is 0 Å². The van der Waals surface area contributed by atoms with Crippen molar-refractivity contribution in [1.82, 2.24) is 0 Å². The zero-order valence-electron chi connectivity index (χ0n) is 10.8. The van der Waals surface area contributed by atoms with Crippen LogP contribution in [0.5, 0.6) is 0 Å². The smallest absolute Gasteiger partial charge is 0.313 e. The van der Waals surface area contributed by atoms with Crippen LogP contribution in [0.25, 0.3) is 0 Å². The minimum absolute atomic E-state index is 0.0247. The zero-order valence-corrected chi connectivity index (χ0v) is 10.8. The van der Waals surface area contributed by atoms with Crippen molar-refractivity contribution in [3.8, 4) is 0 Å². The fourth-order valence-electron chi connectivity index (χ4n) is 1.98. The molecule has 1 aromatic carbocycles. The highest BCUT2D eigenvalue weighted by molar-refractivity contribution is 5.99. The van der Waals surface area contributed by atoms with E-state index in [4.69, 9.17) is 9.47 Å². The summed E-state index contributed by atoms with van der Waals surface area (Å²) in [6, 6.07) is 9.65. The molecule has 0 atom stereocenters. The molecule has 1 aliphatic heterocycles. The maximum Gasteiger partial charge on any atom is 0.313 e. The van der Waals surface area contributed by atoms with Crippen molar-refractivity contribution in [3.05, 3.63) is 47.2 Å². The molecule has 4 heteroatoms. The van der Waals surface area contributed by atoms with E-state index in [2.05, 4.69) is 0 Å². The van der Waals surface area contributed by atoms with Crippen molar-refractivity contribution >= 4 is 11.8 Å². The Bertz CT molecular complexity index is 502. The highest BCUT2D eigenvalue weighted by Gasteiger charge is 2.26. The summed E-state index contributed by atoms with van der Waals surface area (Å²) >= 11 is 0. The molecule has 0 fully saturated rings. The molecule has 0 bridgehead atoms. The van der Waals surface area contributed by atoms with Gasteiger partial charge >= 0.3 is 5.97 Å². The highest BCUT2D eigenvalue weighted by atomic mass is 16.5. The van der Waals surface area contributed by atoms with Gasteiger partial charge in [-0.15, -0.1) is 0 Å². The molecule has 0 aliphatic carbocycles. The Morgan fingerprint density at radius 3 is 2.74 bits per heavy atom. The average molecular weight is 260 g/mol. The second-order valence-electron chi connectivity index (χ2n) is 4.26. The molecule has 1 aliphatic rings. The van der Waals surface area contributed by atoms with Crippen LogP contribution in [0.4, 0.5) is 0 Å². The lowest BCUT2D eigenvalue weighted by Crippen LogP contribution is -2.07. The van der Waals surface area contributed by atoms with E-state index in [1.807, 2.05) is 30.3 Å². The summed E-state index contributed by atoms with van der Waals surface area (Å²) in [6.45, 7) is 2.10. The monoisotopic (exact) mass is 260 g/mol. The lowest BCUT2D eigenvalue weighted by Gasteiger charge is -2.05. The molecule has 19 heavy (non-hydrogen) atoms. The number of hydrogen-bond acceptors (Lipinski definition) is 4. The van der Waals surface area contributed by atoms with Gasteiger partial charge in [-0.2, -0.15) is 0 Å². The Kier molecular flexibility index (Phi) is 4.34. The number of rotatable bonds is 5. The van der Waals surface area contributed by atoms with Gasteiger partial charge in [0.05, 0.1) is 6.61 Å². The first-order valence-electron chi connectivity index (χ1n) is 6.28. The van der Waals surface area contributed by atoms with Crippen molar-refractivity contribution < 1.29 is 19.1 Å². The number of carbonyl (C=O) groups is 2. The largest absolute Gasteiger partial charge is 0.489 e. The van der Waals surface area contributed by atoms with Crippen LogP contribution >= 0.6 is 0 Å². The summed E-state index contributed by atoms with van der Waals surface area (Å²) in [5.74, 6) is 0.0354. The quantitative estimate of drug-likeness (QED) is 0.760. The molecule has 1 aromatic rings. The third kappa shape index (κ3) is 3.44. The SMILES string of the molecule is CCOC(=O)CC1=C(Cc2ccccc2)C(=O)CO1. The van der Waals surface area contributed by atoms with E-state index in [0.717, 1.165) is 5.56 Å². The zero-order chi connectivity index (χ0) is 13.7. The summed E-state index contributed by atoms with van der Waals surface area (Å²) < 4.78 is 10.2. The highest BCUT2D eigenvalue weighted by Crippen LogP contribution is 2.23. The van der Waals surface area contributed by atoms with Gasteiger partial charge in [0.2, 0.25) is 0 Å². The molecular weight excluding hydrogens is 244 g/mol. The van der Waals surface area contributed by atoms with Crippen molar-refractivity contribution in [2.45, 2.75) is 19.8 Å². The maximum absolute atomic E-state index is 11.8. The lowest BCUT2D eigenvalue weighted by atomic mass is 10.0. The van der Waals surface area contributed by atoms with Crippen LogP contribution in [0.15, 0.2) is 41.7 Å². The molecule has 0 radical (unpaired) electrons. The first-order chi connectivity index (χ1) is 9.20. The fourth-order valence-corrected chi connectivity index (χ4v) is 1.98. The average Bonchev–Trinajstić information content (AvgIpc) is 2.73. The van der Waals surface area contributed by atoms with Crippen LogP contribution in [-0.4, -0.2) is 25.0 Å². The van der Waals surface area contributed by atoms with Crippen LogP contribution in [0, 0.1) is 0 Å². The Balaban J connectivity index is 2.13. The first-order valence-corrected chi connectivity index (χ1v) is 6.28. The number of esters is 1. The molecule has 4 nitrogen and oxygen atoms in total. The molecule has 0 spiro atoms. The summed E-state index contributed by atoms with van der Waals surface area (Å²) in [6.07, 6.45) is 0.524. The molecule has 2 rings (SSSR count). The van der Waals surface area contributed by atoms with Gasteiger partial charge in [0.15, 0.2) is 12.4 Å². The van der Waals surface area contributed by atoms with Crippen LogP contribution < -0.4 is 0 Å². The van der Waals surface area contributed by atoms with Crippen LogP contribution in [0.3, 0.4) is 0 Å². The van der Waals surface area contributed by atoms with Crippen LogP contribution in [-0.2, 0) is 25.5 Å². The molecule has 0 N–H and O–H groups in total. The van der Waals surface area contributed by atoms with E-state index in [9.17, 15) is 9.59 Å². The summed E-state index contributed by atoms with van der Waals surface area (Å²) in [5.41, 5.74) is 1.61. The number of ether oxygens (including phenoxy) is 2.